The van der Waals surface area contributed by atoms with Crippen molar-refractivity contribution in [3.8, 4) is 11.1 Å². The van der Waals surface area contributed by atoms with Gasteiger partial charge in [0.2, 0.25) is 10.0 Å². The molecule has 9 heteroatoms. The molecule has 2 aliphatic rings. The molecule has 30 heavy (non-hydrogen) atoms. The van der Waals surface area contributed by atoms with Crippen LogP contribution in [0.15, 0.2) is 47.5 Å². The van der Waals surface area contributed by atoms with E-state index < -0.39 is 27.7 Å². The van der Waals surface area contributed by atoms with Crippen LogP contribution in [0.2, 0.25) is 0 Å². The molecule has 0 spiro atoms. The van der Waals surface area contributed by atoms with E-state index in [1.54, 1.807) is 31.3 Å². The Morgan fingerprint density at radius 3 is 2.80 bits per heavy atom. The summed E-state index contributed by atoms with van der Waals surface area (Å²) in [5.41, 5.74) is 2.30. The molecule has 3 heterocycles. The summed E-state index contributed by atoms with van der Waals surface area (Å²) >= 11 is 0. The van der Waals surface area contributed by atoms with E-state index in [2.05, 4.69) is 10.3 Å². The largest absolute Gasteiger partial charge is 0.447 e. The fourth-order valence-electron chi connectivity index (χ4n) is 4.30. The SMILES string of the molecule is CC1c2cc(-c3c[nH]c4cc(F)ccc34)ccc2S(=O)(=O)N1CC1(C)COC(=O)N1. The van der Waals surface area contributed by atoms with Gasteiger partial charge < -0.3 is 15.0 Å². The Labute approximate surface area is 172 Å². The zero-order chi connectivity index (χ0) is 21.3. The molecule has 0 radical (unpaired) electrons. The van der Waals surface area contributed by atoms with Crippen molar-refractivity contribution in [2.75, 3.05) is 13.2 Å². The normalized spacial score (nSPS) is 25.3. The molecule has 0 bridgehead atoms. The van der Waals surface area contributed by atoms with Gasteiger partial charge in [0, 0.05) is 35.2 Å². The quantitative estimate of drug-likeness (QED) is 0.666. The highest BCUT2D eigenvalue weighted by molar-refractivity contribution is 7.89. The number of hydrogen-bond acceptors (Lipinski definition) is 4. The van der Waals surface area contributed by atoms with Crippen molar-refractivity contribution in [1.82, 2.24) is 14.6 Å². The highest BCUT2D eigenvalue weighted by Gasteiger charge is 2.46. The summed E-state index contributed by atoms with van der Waals surface area (Å²) in [4.78, 5) is 14.8. The van der Waals surface area contributed by atoms with E-state index in [1.807, 2.05) is 13.0 Å². The molecule has 1 saturated heterocycles. The zero-order valence-electron chi connectivity index (χ0n) is 16.4. The van der Waals surface area contributed by atoms with Gasteiger partial charge in [-0.05, 0) is 55.3 Å². The minimum Gasteiger partial charge on any atom is -0.447 e. The Morgan fingerprint density at radius 2 is 2.07 bits per heavy atom. The van der Waals surface area contributed by atoms with Crippen molar-refractivity contribution in [2.45, 2.75) is 30.3 Å². The van der Waals surface area contributed by atoms with Gasteiger partial charge in [0.25, 0.3) is 0 Å². The maximum Gasteiger partial charge on any atom is 0.407 e. The number of rotatable bonds is 3. The van der Waals surface area contributed by atoms with E-state index in [4.69, 9.17) is 4.74 Å². The summed E-state index contributed by atoms with van der Waals surface area (Å²) in [6.07, 6.45) is 1.25. The van der Waals surface area contributed by atoms with E-state index in [0.717, 1.165) is 16.5 Å². The van der Waals surface area contributed by atoms with Gasteiger partial charge in [-0.15, -0.1) is 0 Å². The first kappa shape index (κ1) is 19.1. The number of carbonyl (C=O) groups is 1. The molecule has 156 valence electrons. The van der Waals surface area contributed by atoms with Gasteiger partial charge in [0.15, 0.2) is 0 Å². The van der Waals surface area contributed by atoms with Crippen LogP contribution in [0.3, 0.4) is 0 Å². The van der Waals surface area contributed by atoms with Gasteiger partial charge in [-0.2, -0.15) is 4.31 Å². The second kappa shape index (κ2) is 6.29. The Hall–Kier alpha value is -2.91. The second-order valence-corrected chi connectivity index (χ2v) is 9.99. The smallest absolute Gasteiger partial charge is 0.407 e. The minimum atomic E-state index is -3.70. The van der Waals surface area contributed by atoms with Crippen LogP contribution >= 0.6 is 0 Å². The predicted octanol–water partition coefficient (Wildman–Crippen LogP) is 3.54. The number of halogens is 1. The summed E-state index contributed by atoms with van der Waals surface area (Å²) in [7, 11) is -3.70. The van der Waals surface area contributed by atoms with Crippen LogP contribution in [0.1, 0.15) is 25.5 Å². The molecule has 2 N–H and O–H groups in total. The lowest BCUT2D eigenvalue weighted by atomic mass is 9.98. The summed E-state index contributed by atoms with van der Waals surface area (Å²) in [6, 6.07) is 9.39. The molecule has 2 aliphatic heterocycles. The van der Waals surface area contributed by atoms with Crippen LogP contribution in [-0.4, -0.2) is 42.5 Å². The summed E-state index contributed by atoms with van der Waals surface area (Å²) in [5, 5.41) is 3.56. The number of amides is 1. The number of aromatic nitrogens is 1. The molecular formula is C21H20FN3O4S. The molecule has 7 nitrogen and oxygen atoms in total. The van der Waals surface area contributed by atoms with Crippen LogP contribution in [-0.2, 0) is 14.8 Å². The molecule has 3 aromatic rings. The number of benzene rings is 2. The molecule has 1 fully saturated rings. The standard InChI is InChI=1S/C21H20FN3O4S/c1-12-16-7-13(17-9-23-18-8-14(22)4-5-15(17)18)3-6-19(16)30(27,28)25(12)10-21(2)11-29-20(26)24-21/h3-9,12,23H,10-11H2,1-2H3,(H,24,26). The first-order valence-corrected chi connectivity index (χ1v) is 11.0. The maximum absolute atomic E-state index is 13.5. The first-order chi connectivity index (χ1) is 14.2. The number of hydrogen-bond donors (Lipinski definition) is 2. The van der Waals surface area contributed by atoms with Crippen LogP contribution in [0.5, 0.6) is 0 Å². The van der Waals surface area contributed by atoms with Crippen molar-refractivity contribution in [2.24, 2.45) is 0 Å². The molecule has 1 amide bonds. The average Bonchev–Trinajstić information content (AvgIpc) is 3.32. The Kier molecular flexibility index (Phi) is 4.00. The number of ether oxygens (including phenoxy) is 1. The fourth-order valence-corrected chi connectivity index (χ4v) is 6.30. The average molecular weight is 429 g/mol. The van der Waals surface area contributed by atoms with Crippen LogP contribution in [0, 0.1) is 5.82 Å². The van der Waals surface area contributed by atoms with Crippen LogP contribution in [0.4, 0.5) is 9.18 Å². The number of alkyl carbamates (subject to hydrolysis) is 1. The second-order valence-electron chi connectivity index (χ2n) is 8.13. The third kappa shape index (κ3) is 2.80. The number of nitrogens with one attached hydrogen (secondary N) is 2. The Balaban J connectivity index is 1.54. The Bertz CT molecular complexity index is 1300. The number of aromatic amines is 1. The molecule has 1 aromatic heterocycles. The summed E-state index contributed by atoms with van der Waals surface area (Å²) in [6.45, 7) is 3.81. The highest BCUT2D eigenvalue weighted by Crippen LogP contribution is 2.42. The molecule has 0 aliphatic carbocycles. The number of H-pyrrole nitrogens is 1. The minimum absolute atomic E-state index is 0.109. The molecule has 0 saturated carbocycles. The third-order valence-corrected chi connectivity index (χ3v) is 7.85. The molecular weight excluding hydrogens is 409 g/mol. The summed E-state index contributed by atoms with van der Waals surface area (Å²) < 4.78 is 46.2. The van der Waals surface area contributed by atoms with Crippen molar-refractivity contribution >= 4 is 27.0 Å². The number of cyclic esters (lactones) is 1. The van der Waals surface area contributed by atoms with Gasteiger partial charge in [-0.1, -0.05) is 6.07 Å². The van der Waals surface area contributed by atoms with Crippen molar-refractivity contribution in [3.05, 3.63) is 54.0 Å². The van der Waals surface area contributed by atoms with Gasteiger partial charge in [-0.25, -0.2) is 17.6 Å². The topological polar surface area (TPSA) is 91.5 Å². The summed E-state index contributed by atoms with van der Waals surface area (Å²) in [5.74, 6) is -0.323. The van der Waals surface area contributed by atoms with E-state index in [1.165, 1.54) is 16.4 Å². The van der Waals surface area contributed by atoms with E-state index in [0.29, 0.717) is 11.1 Å². The fraction of sp³-hybridized carbons (Fsp3) is 0.286. The molecule has 2 aromatic carbocycles. The lowest BCUT2D eigenvalue weighted by molar-refractivity contribution is 0.169. The highest BCUT2D eigenvalue weighted by atomic mass is 32.2. The number of sulfonamides is 1. The third-order valence-electron chi connectivity index (χ3n) is 5.86. The van der Waals surface area contributed by atoms with Crippen molar-refractivity contribution in [3.63, 3.8) is 0 Å². The predicted molar refractivity (Wildman–Crippen MR) is 109 cm³/mol. The number of fused-ring (bicyclic) bond motifs is 2. The maximum atomic E-state index is 13.5. The van der Waals surface area contributed by atoms with E-state index in [9.17, 15) is 17.6 Å². The lowest BCUT2D eigenvalue weighted by Crippen LogP contribution is -2.50. The van der Waals surface area contributed by atoms with E-state index >= 15 is 0 Å². The van der Waals surface area contributed by atoms with Gasteiger partial charge >= 0.3 is 6.09 Å². The lowest BCUT2D eigenvalue weighted by Gasteiger charge is -2.29. The van der Waals surface area contributed by atoms with Crippen molar-refractivity contribution < 1.29 is 22.3 Å². The van der Waals surface area contributed by atoms with Gasteiger partial charge in [-0.3, -0.25) is 0 Å². The Morgan fingerprint density at radius 1 is 1.27 bits per heavy atom. The number of nitrogens with zero attached hydrogens (tertiary/aromatic N) is 1. The number of carbonyl (C=O) groups excluding carboxylic acids is 1. The van der Waals surface area contributed by atoms with E-state index in [-0.39, 0.29) is 23.9 Å². The van der Waals surface area contributed by atoms with Crippen LogP contribution in [0.25, 0.3) is 22.0 Å². The van der Waals surface area contributed by atoms with Crippen molar-refractivity contribution in [1.29, 1.82) is 0 Å². The monoisotopic (exact) mass is 429 g/mol. The molecule has 2 unspecified atom stereocenters. The molecule has 2 atom stereocenters. The first-order valence-electron chi connectivity index (χ1n) is 9.56. The van der Waals surface area contributed by atoms with Crippen LogP contribution < -0.4 is 5.32 Å². The van der Waals surface area contributed by atoms with Gasteiger partial charge in [0.05, 0.1) is 10.4 Å². The van der Waals surface area contributed by atoms with Gasteiger partial charge in [0.1, 0.15) is 12.4 Å². The molecule has 5 rings (SSSR count). The zero-order valence-corrected chi connectivity index (χ0v) is 17.2.